The van der Waals surface area contributed by atoms with Gasteiger partial charge in [-0.3, -0.25) is 9.59 Å². The zero-order chi connectivity index (χ0) is 20.5. The number of Topliss-reactive ketones (excluding diaryl/α,β-unsaturated/α-hetero) is 1. The van der Waals surface area contributed by atoms with Gasteiger partial charge in [-0.1, -0.05) is 12.1 Å². The second-order valence-corrected chi connectivity index (χ2v) is 6.45. The third kappa shape index (κ3) is 3.27. The average molecular weight is 392 g/mol. The molecule has 4 aromatic rings. The van der Waals surface area contributed by atoms with Crippen LogP contribution in [-0.4, -0.2) is 23.2 Å². The van der Waals surface area contributed by atoms with Crippen LogP contribution in [0.2, 0.25) is 0 Å². The van der Waals surface area contributed by atoms with Gasteiger partial charge >= 0.3 is 0 Å². The number of rotatable bonds is 5. The third-order valence-corrected chi connectivity index (χ3v) is 4.66. The zero-order valence-electron chi connectivity index (χ0n) is 15.7. The molecule has 0 fully saturated rings. The van der Waals surface area contributed by atoms with Gasteiger partial charge in [-0.25, -0.2) is 4.39 Å². The van der Waals surface area contributed by atoms with Crippen molar-refractivity contribution in [2.45, 2.75) is 6.92 Å². The van der Waals surface area contributed by atoms with Crippen LogP contribution in [0, 0.1) is 5.82 Å². The molecule has 0 spiro atoms. The summed E-state index contributed by atoms with van der Waals surface area (Å²) in [4.78, 5) is 24.9. The first-order valence-corrected chi connectivity index (χ1v) is 8.82. The molecule has 1 N–H and O–H groups in total. The lowest BCUT2D eigenvalue weighted by Gasteiger charge is -2.09. The van der Waals surface area contributed by atoms with Crippen LogP contribution in [0.25, 0.3) is 16.6 Å². The molecule has 0 radical (unpaired) electrons. The number of aromatic nitrogens is 1. The largest absolute Gasteiger partial charge is 0.497 e. The van der Waals surface area contributed by atoms with Crippen LogP contribution in [0.5, 0.6) is 5.75 Å². The fourth-order valence-corrected chi connectivity index (χ4v) is 3.22. The molecule has 0 unspecified atom stereocenters. The molecular formula is C22H17FN2O4. The first-order chi connectivity index (χ1) is 14.0. The Kier molecular flexibility index (Phi) is 4.64. The number of carbonyl (C=O) groups is 2. The molecule has 29 heavy (non-hydrogen) atoms. The summed E-state index contributed by atoms with van der Waals surface area (Å²) in [7, 11) is 1.51. The van der Waals surface area contributed by atoms with Gasteiger partial charge in [0.15, 0.2) is 11.6 Å². The van der Waals surface area contributed by atoms with E-state index in [4.69, 9.17) is 9.15 Å². The number of furan rings is 1. The molecule has 0 aliphatic heterocycles. The van der Waals surface area contributed by atoms with Crippen molar-refractivity contribution in [2.24, 2.45) is 0 Å². The number of ether oxygens (including phenoxy) is 1. The molecule has 0 bridgehead atoms. The van der Waals surface area contributed by atoms with Crippen molar-refractivity contribution in [3.63, 3.8) is 0 Å². The molecule has 3 heterocycles. The van der Waals surface area contributed by atoms with Crippen LogP contribution in [-0.2, 0) is 0 Å². The number of fused-ring (bicyclic) bond motifs is 1. The van der Waals surface area contributed by atoms with Gasteiger partial charge < -0.3 is 18.9 Å². The highest BCUT2D eigenvalue weighted by Gasteiger charge is 2.20. The van der Waals surface area contributed by atoms with Gasteiger partial charge in [-0.2, -0.15) is 0 Å². The van der Waals surface area contributed by atoms with Crippen LogP contribution >= 0.6 is 0 Å². The molecule has 1 aromatic carbocycles. The lowest BCUT2D eigenvalue weighted by atomic mass is 10.1. The Labute approximate surface area is 165 Å². The summed E-state index contributed by atoms with van der Waals surface area (Å²) in [5.41, 5.74) is 1.97. The van der Waals surface area contributed by atoms with Gasteiger partial charge in [0.1, 0.15) is 5.75 Å². The number of benzene rings is 1. The smallest absolute Gasteiger partial charge is 0.257 e. The second kappa shape index (κ2) is 7.27. The van der Waals surface area contributed by atoms with E-state index in [2.05, 4.69) is 5.32 Å². The molecule has 6 nitrogen and oxygen atoms in total. The lowest BCUT2D eigenvalue weighted by Crippen LogP contribution is -2.13. The summed E-state index contributed by atoms with van der Waals surface area (Å²) in [6, 6.07) is 11.2. The molecule has 4 rings (SSSR count). The van der Waals surface area contributed by atoms with E-state index in [9.17, 15) is 14.0 Å². The maximum Gasteiger partial charge on any atom is 0.257 e. The van der Waals surface area contributed by atoms with Crippen molar-refractivity contribution in [1.82, 2.24) is 4.40 Å². The van der Waals surface area contributed by atoms with Gasteiger partial charge in [-0.05, 0) is 24.3 Å². The lowest BCUT2D eigenvalue weighted by molar-refractivity contribution is 0.101. The van der Waals surface area contributed by atoms with Gasteiger partial charge in [0.05, 0.1) is 42.1 Å². The fourth-order valence-electron chi connectivity index (χ4n) is 3.22. The minimum Gasteiger partial charge on any atom is -0.497 e. The Morgan fingerprint density at radius 3 is 2.69 bits per heavy atom. The van der Waals surface area contributed by atoms with Crippen LogP contribution < -0.4 is 10.1 Å². The van der Waals surface area contributed by atoms with E-state index in [0.29, 0.717) is 28.1 Å². The molecule has 0 saturated carbocycles. The standard InChI is InChI=1S/C22H17FN2O4/c1-13(26)19-11-17(20-10-15(28-2)6-8-25(19)20)22(27)24-18-5-3-4-16(21(18)23)14-7-9-29-12-14/h3-12H,1-2H3,(H,24,27). The SMILES string of the molecule is COc1ccn2c(C(C)=O)cc(C(=O)Nc3cccc(-c4ccoc4)c3F)c2c1. The minimum absolute atomic E-state index is 0.0281. The van der Waals surface area contributed by atoms with E-state index >= 15 is 0 Å². The number of nitrogens with zero attached hydrogens (tertiary/aromatic N) is 1. The average Bonchev–Trinajstić information content (AvgIpc) is 3.37. The summed E-state index contributed by atoms with van der Waals surface area (Å²) in [5, 5.41) is 2.60. The van der Waals surface area contributed by atoms with Crippen molar-refractivity contribution in [1.29, 1.82) is 0 Å². The second-order valence-electron chi connectivity index (χ2n) is 6.45. The predicted molar refractivity (Wildman–Crippen MR) is 106 cm³/mol. The molecule has 3 aromatic heterocycles. The number of ketones is 1. The Morgan fingerprint density at radius 1 is 1.17 bits per heavy atom. The molecule has 1 amide bonds. The number of anilines is 1. The zero-order valence-corrected chi connectivity index (χ0v) is 15.7. The molecule has 0 aliphatic rings. The van der Waals surface area contributed by atoms with E-state index in [-0.39, 0.29) is 17.0 Å². The summed E-state index contributed by atoms with van der Waals surface area (Å²) in [6.07, 6.45) is 4.53. The number of methoxy groups -OCH3 is 1. The minimum atomic E-state index is -0.574. The van der Waals surface area contributed by atoms with Crippen molar-refractivity contribution >= 4 is 22.9 Å². The molecule has 0 aliphatic carbocycles. The normalized spacial score (nSPS) is 10.9. The quantitative estimate of drug-likeness (QED) is 0.495. The summed E-state index contributed by atoms with van der Waals surface area (Å²) >= 11 is 0. The van der Waals surface area contributed by atoms with Gasteiger partial charge in [0, 0.05) is 30.3 Å². The van der Waals surface area contributed by atoms with E-state index in [1.165, 1.54) is 38.7 Å². The topological polar surface area (TPSA) is 73.0 Å². The van der Waals surface area contributed by atoms with Gasteiger partial charge in [0.25, 0.3) is 5.91 Å². The first kappa shape index (κ1) is 18.5. The van der Waals surface area contributed by atoms with Crippen LogP contribution in [0.3, 0.4) is 0 Å². The number of carbonyl (C=O) groups excluding carboxylic acids is 2. The van der Waals surface area contributed by atoms with Crippen LogP contribution in [0.4, 0.5) is 10.1 Å². The number of amides is 1. The van der Waals surface area contributed by atoms with E-state index < -0.39 is 11.7 Å². The third-order valence-electron chi connectivity index (χ3n) is 4.66. The van der Waals surface area contributed by atoms with E-state index in [1.54, 1.807) is 40.9 Å². The highest BCUT2D eigenvalue weighted by Crippen LogP contribution is 2.29. The van der Waals surface area contributed by atoms with Crippen molar-refractivity contribution in [2.75, 3.05) is 12.4 Å². The highest BCUT2D eigenvalue weighted by molar-refractivity contribution is 6.11. The fraction of sp³-hybridized carbons (Fsp3) is 0.0909. The number of pyridine rings is 1. The van der Waals surface area contributed by atoms with Gasteiger partial charge in [-0.15, -0.1) is 0 Å². The molecular weight excluding hydrogens is 375 g/mol. The van der Waals surface area contributed by atoms with Crippen LogP contribution in [0.15, 0.2) is 65.6 Å². The Bertz CT molecular complexity index is 1230. The maximum atomic E-state index is 14.9. The molecule has 7 heteroatoms. The number of hydrogen-bond acceptors (Lipinski definition) is 4. The maximum absolute atomic E-state index is 14.9. The van der Waals surface area contributed by atoms with Crippen LogP contribution in [0.1, 0.15) is 27.8 Å². The summed E-state index contributed by atoms with van der Waals surface area (Å²) in [5.74, 6) is -0.771. The Hall–Kier alpha value is -3.87. The Balaban J connectivity index is 1.75. The molecule has 0 atom stereocenters. The summed E-state index contributed by atoms with van der Waals surface area (Å²) < 4.78 is 26.8. The monoisotopic (exact) mass is 392 g/mol. The van der Waals surface area contributed by atoms with Crippen molar-refractivity contribution in [3.8, 4) is 16.9 Å². The van der Waals surface area contributed by atoms with Crippen molar-refractivity contribution in [3.05, 3.63) is 78.3 Å². The molecule has 0 saturated heterocycles. The number of hydrogen-bond donors (Lipinski definition) is 1. The van der Waals surface area contributed by atoms with Crippen molar-refractivity contribution < 1.29 is 23.1 Å². The Morgan fingerprint density at radius 2 is 2.00 bits per heavy atom. The van der Waals surface area contributed by atoms with E-state index in [0.717, 1.165) is 0 Å². The molecule has 146 valence electrons. The van der Waals surface area contributed by atoms with E-state index in [1.807, 2.05) is 0 Å². The highest BCUT2D eigenvalue weighted by atomic mass is 19.1. The number of halogens is 1. The predicted octanol–water partition coefficient (Wildman–Crippen LogP) is 4.80. The van der Waals surface area contributed by atoms with Gasteiger partial charge in [0.2, 0.25) is 0 Å². The first-order valence-electron chi connectivity index (χ1n) is 8.82. The summed E-state index contributed by atoms with van der Waals surface area (Å²) in [6.45, 7) is 1.42. The number of nitrogens with one attached hydrogen (secondary N) is 1.